The average Bonchev–Trinajstić information content (AvgIpc) is 2.61. The number of carbonyl (C=O) groups is 1. The maximum absolute atomic E-state index is 12.5. The van der Waals surface area contributed by atoms with Gasteiger partial charge in [-0.2, -0.15) is 0 Å². The van der Waals surface area contributed by atoms with Crippen LogP contribution in [0.5, 0.6) is 0 Å². The number of nitrogens with one attached hydrogen (secondary N) is 1. The molecule has 0 bridgehead atoms. The van der Waals surface area contributed by atoms with E-state index in [-0.39, 0.29) is 11.8 Å². The third kappa shape index (κ3) is 4.10. The monoisotopic (exact) mass is 324 g/mol. The maximum Gasteiger partial charge on any atom is 0.225 e. The van der Waals surface area contributed by atoms with Crippen molar-refractivity contribution >= 4 is 11.9 Å². The highest BCUT2D eigenvalue weighted by molar-refractivity contribution is 5.79. The maximum atomic E-state index is 12.5. The zero-order valence-corrected chi connectivity index (χ0v) is 14.3. The van der Waals surface area contributed by atoms with Gasteiger partial charge in [0.1, 0.15) is 0 Å². The molecule has 1 saturated heterocycles. The molecule has 24 heavy (non-hydrogen) atoms. The Kier molecular flexibility index (Phi) is 5.08. The van der Waals surface area contributed by atoms with E-state index in [1.807, 2.05) is 13.0 Å². The molecule has 1 aliphatic rings. The van der Waals surface area contributed by atoms with E-state index in [0.717, 1.165) is 36.6 Å². The van der Waals surface area contributed by atoms with Gasteiger partial charge in [0.05, 0.1) is 5.92 Å². The lowest BCUT2D eigenvalue weighted by molar-refractivity contribution is -0.125. The van der Waals surface area contributed by atoms with Crippen LogP contribution >= 0.6 is 0 Å². The number of carbonyl (C=O) groups excluding carboxylic acids is 1. The molecule has 1 aromatic heterocycles. The zero-order chi connectivity index (χ0) is 16.9. The molecule has 2 heterocycles. The average molecular weight is 324 g/mol. The number of nitrogens with zero attached hydrogens (tertiary/aromatic N) is 3. The van der Waals surface area contributed by atoms with Crippen molar-refractivity contribution < 1.29 is 4.79 Å². The number of piperidine rings is 1. The van der Waals surface area contributed by atoms with Crippen LogP contribution < -0.4 is 10.2 Å². The van der Waals surface area contributed by atoms with E-state index in [1.165, 1.54) is 5.56 Å². The van der Waals surface area contributed by atoms with Crippen LogP contribution in [0.3, 0.4) is 0 Å². The summed E-state index contributed by atoms with van der Waals surface area (Å²) in [5, 5.41) is 3.07. The lowest BCUT2D eigenvalue weighted by Gasteiger charge is -2.32. The van der Waals surface area contributed by atoms with Crippen molar-refractivity contribution in [2.24, 2.45) is 5.92 Å². The smallest absolute Gasteiger partial charge is 0.225 e. The summed E-state index contributed by atoms with van der Waals surface area (Å²) in [6.45, 7) is 6.19. The summed E-state index contributed by atoms with van der Waals surface area (Å²) < 4.78 is 0. The van der Waals surface area contributed by atoms with Gasteiger partial charge in [-0.25, -0.2) is 9.97 Å². The first-order chi connectivity index (χ1) is 11.6. The van der Waals surface area contributed by atoms with Gasteiger partial charge in [0.15, 0.2) is 0 Å². The lowest BCUT2D eigenvalue weighted by atomic mass is 9.97. The van der Waals surface area contributed by atoms with Gasteiger partial charge in [0.25, 0.3) is 0 Å². The van der Waals surface area contributed by atoms with Crippen LogP contribution in [0.1, 0.15) is 29.7 Å². The van der Waals surface area contributed by atoms with Crippen molar-refractivity contribution in [2.75, 3.05) is 18.0 Å². The van der Waals surface area contributed by atoms with Crippen molar-refractivity contribution in [3.8, 4) is 0 Å². The van der Waals surface area contributed by atoms with E-state index in [1.54, 1.807) is 6.20 Å². The fraction of sp³-hybridized carbons (Fsp3) is 0.421. The topological polar surface area (TPSA) is 58.1 Å². The van der Waals surface area contributed by atoms with Gasteiger partial charge in [-0.1, -0.05) is 29.8 Å². The molecule has 1 fully saturated rings. The van der Waals surface area contributed by atoms with Gasteiger partial charge in [0, 0.05) is 31.5 Å². The lowest BCUT2D eigenvalue weighted by Crippen LogP contribution is -2.43. The second kappa shape index (κ2) is 7.43. The van der Waals surface area contributed by atoms with Crippen molar-refractivity contribution in [3.63, 3.8) is 0 Å². The normalized spacial score (nSPS) is 17.6. The van der Waals surface area contributed by atoms with E-state index in [4.69, 9.17) is 0 Å². The van der Waals surface area contributed by atoms with Crippen LogP contribution in [-0.4, -0.2) is 29.0 Å². The molecule has 1 N–H and O–H groups in total. The number of aryl methyl sites for hydroxylation is 2. The van der Waals surface area contributed by atoms with E-state index < -0.39 is 0 Å². The summed E-state index contributed by atoms with van der Waals surface area (Å²) in [6, 6.07) is 10.1. The van der Waals surface area contributed by atoms with E-state index in [0.29, 0.717) is 13.1 Å². The molecule has 3 rings (SSSR count). The number of benzene rings is 1. The van der Waals surface area contributed by atoms with E-state index >= 15 is 0 Å². The van der Waals surface area contributed by atoms with Gasteiger partial charge < -0.3 is 10.2 Å². The van der Waals surface area contributed by atoms with E-state index in [2.05, 4.69) is 51.4 Å². The summed E-state index contributed by atoms with van der Waals surface area (Å²) in [5.74, 6) is 0.840. The van der Waals surface area contributed by atoms with Crippen LogP contribution in [0, 0.1) is 19.8 Å². The number of hydrogen-bond donors (Lipinski definition) is 1. The number of aromatic nitrogens is 2. The highest BCUT2D eigenvalue weighted by Crippen LogP contribution is 2.20. The molecule has 5 heteroatoms. The Bertz CT molecular complexity index is 699. The Morgan fingerprint density at radius 1 is 1.25 bits per heavy atom. The first-order valence-corrected chi connectivity index (χ1v) is 8.49. The highest BCUT2D eigenvalue weighted by Gasteiger charge is 2.26. The Morgan fingerprint density at radius 3 is 2.79 bits per heavy atom. The summed E-state index contributed by atoms with van der Waals surface area (Å²) in [5.41, 5.74) is 3.31. The summed E-state index contributed by atoms with van der Waals surface area (Å²) >= 11 is 0. The number of amides is 1. The molecule has 1 aromatic carbocycles. The third-order valence-corrected chi connectivity index (χ3v) is 4.44. The Labute approximate surface area is 143 Å². The third-order valence-electron chi connectivity index (χ3n) is 4.44. The fourth-order valence-corrected chi connectivity index (χ4v) is 3.00. The molecule has 0 spiro atoms. The van der Waals surface area contributed by atoms with Crippen molar-refractivity contribution in [1.82, 2.24) is 15.3 Å². The molecule has 0 unspecified atom stereocenters. The van der Waals surface area contributed by atoms with Crippen LogP contribution in [0.25, 0.3) is 0 Å². The predicted molar refractivity (Wildman–Crippen MR) is 94.7 cm³/mol. The van der Waals surface area contributed by atoms with Gasteiger partial charge >= 0.3 is 0 Å². The van der Waals surface area contributed by atoms with Crippen LogP contribution in [0.2, 0.25) is 0 Å². The fourth-order valence-electron chi connectivity index (χ4n) is 3.00. The van der Waals surface area contributed by atoms with Crippen molar-refractivity contribution in [2.45, 2.75) is 33.2 Å². The first-order valence-electron chi connectivity index (χ1n) is 8.49. The largest absolute Gasteiger partial charge is 0.352 e. The zero-order valence-electron chi connectivity index (χ0n) is 14.3. The molecular weight excluding hydrogens is 300 g/mol. The second-order valence-electron chi connectivity index (χ2n) is 6.49. The molecule has 126 valence electrons. The SMILES string of the molecule is Cc1ccc(CNC(=O)[C@@H]2CCCN(c3nccc(C)n3)C2)cc1. The minimum atomic E-state index is -0.00619. The molecule has 0 radical (unpaired) electrons. The minimum absolute atomic E-state index is 0.00619. The van der Waals surface area contributed by atoms with Gasteiger partial charge in [-0.15, -0.1) is 0 Å². The van der Waals surface area contributed by atoms with Crippen LogP contribution in [0.4, 0.5) is 5.95 Å². The van der Waals surface area contributed by atoms with Crippen molar-refractivity contribution in [1.29, 1.82) is 0 Å². The first kappa shape index (κ1) is 16.4. The van der Waals surface area contributed by atoms with Gasteiger partial charge in [-0.05, 0) is 38.3 Å². The predicted octanol–water partition coefficient (Wildman–Crippen LogP) is 2.63. The number of hydrogen-bond acceptors (Lipinski definition) is 4. The Hall–Kier alpha value is -2.43. The van der Waals surface area contributed by atoms with Crippen LogP contribution in [-0.2, 0) is 11.3 Å². The minimum Gasteiger partial charge on any atom is -0.352 e. The standard InChI is InChI=1S/C19H24N4O/c1-14-5-7-16(8-6-14)12-21-18(24)17-4-3-11-23(13-17)19-20-10-9-15(2)22-19/h5-10,17H,3-4,11-13H2,1-2H3,(H,21,24)/t17-/m1/s1. The Balaban J connectivity index is 1.57. The molecule has 5 nitrogen and oxygen atoms in total. The highest BCUT2D eigenvalue weighted by atomic mass is 16.1. The molecule has 0 aliphatic carbocycles. The van der Waals surface area contributed by atoms with Gasteiger partial charge in [-0.3, -0.25) is 4.79 Å². The molecular formula is C19H24N4O. The molecule has 2 aromatic rings. The van der Waals surface area contributed by atoms with Crippen LogP contribution in [0.15, 0.2) is 36.5 Å². The summed E-state index contributed by atoms with van der Waals surface area (Å²) in [4.78, 5) is 23.4. The molecule has 1 atom stereocenters. The van der Waals surface area contributed by atoms with Crippen molar-refractivity contribution in [3.05, 3.63) is 53.3 Å². The summed E-state index contributed by atoms with van der Waals surface area (Å²) in [7, 11) is 0. The quantitative estimate of drug-likeness (QED) is 0.939. The Morgan fingerprint density at radius 2 is 2.04 bits per heavy atom. The number of anilines is 1. The second-order valence-corrected chi connectivity index (χ2v) is 6.49. The number of rotatable bonds is 4. The summed E-state index contributed by atoms with van der Waals surface area (Å²) in [6.07, 6.45) is 3.68. The molecule has 0 saturated carbocycles. The molecule has 1 amide bonds. The van der Waals surface area contributed by atoms with E-state index in [9.17, 15) is 4.79 Å². The molecule has 1 aliphatic heterocycles. The van der Waals surface area contributed by atoms with Gasteiger partial charge in [0.2, 0.25) is 11.9 Å².